The summed E-state index contributed by atoms with van der Waals surface area (Å²) >= 11 is 1.53. The molecule has 0 radical (unpaired) electrons. The Bertz CT molecular complexity index is 1390. The van der Waals surface area contributed by atoms with Gasteiger partial charge in [0.2, 0.25) is 5.91 Å². The first-order valence-corrected chi connectivity index (χ1v) is 12.2. The zero-order chi connectivity index (χ0) is 23.1. The summed E-state index contributed by atoms with van der Waals surface area (Å²) in [4.78, 5) is 40.0. The molecule has 5 rings (SSSR count). The van der Waals surface area contributed by atoms with Crippen molar-refractivity contribution >= 4 is 38.4 Å². The van der Waals surface area contributed by atoms with Gasteiger partial charge in [-0.05, 0) is 61.9 Å². The van der Waals surface area contributed by atoms with Crippen LogP contribution in [-0.4, -0.2) is 46.0 Å². The molecule has 0 unspecified atom stereocenters. The summed E-state index contributed by atoms with van der Waals surface area (Å²) in [6.45, 7) is 5.43. The van der Waals surface area contributed by atoms with E-state index >= 15 is 0 Å². The Morgan fingerprint density at radius 1 is 1.27 bits per heavy atom. The van der Waals surface area contributed by atoms with Crippen LogP contribution in [0.1, 0.15) is 47.0 Å². The number of amides is 1. The number of aryl methyl sites for hydroxylation is 3. The topological polar surface area (TPSA) is 91.1 Å². The van der Waals surface area contributed by atoms with Crippen molar-refractivity contribution < 1.29 is 9.53 Å². The van der Waals surface area contributed by atoms with Gasteiger partial charge >= 0.3 is 0 Å². The summed E-state index contributed by atoms with van der Waals surface area (Å²) in [6.07, 6.45) is 4.77. The van der Waals surface area contributed by atoms with Gasteiger partial charge in [-0.3, -0.25) is 9.59 Å². The summed E-state index contributed by atoms with van der Waals surface area (Å²) in [7, 11) is 1.68. The SMILES string of the molecule is COc1ccc2[nH]cc(C3CCN(C(=O)CCc4nc5sc(C)c(C)c5c(=O)[nH]4)CC3)c2c1. The van der Waals surface area contributed by atoms with Crippen molar-refractivity contribution in [1.29, 1.82) is 0 Å². The molecule has 7 nitrogen and oxygen atoms in total. The maximum atomic E-state index is 12.9. The molecule has 1 aliphatic rings. The molecule has 1 amide bonds. The highest BCUT2D eigenvalue weighted by atomic mass is 32.1. The fourth-order valence-electron chi connectivity index (χ4n) is 4.83. The summed E-state index contributed by atoms with van der Waals surface area (Å²) < 4.78 is 5.39. The number of fused-ring (bicyclic) bond motifs is 2. The Kier molecular flexibility index (Phi) is 5.70. The van der Waals surface area contributed by atoms with Crippen LogP contribution >= 0.6 is 11.3 Å². The number of aromatic nitrogens is 3. The van der Waals surface area contributed by atoms with Gasteiger partial charge in [0.1, 0.15) is 16.4 Å². The largest absolute Gasteiger partial charge is 0.497 e. The van der Waals surface area contributed by atoms with Crippen LogP contribution in [0.4, 0.5) is 0 Å². The number of nitrogens with one attached hydrogen (secondary N) is 2. The lowest BCUT2D eigenvalue weighted by atomic mass is 9.89. The molecule has 1 aliphatic heterocycles. The maximum absolute atomic E-state index is 12.9. The predicted molar refractivity (Wildman–Crippen MR) is 131 cm³/mol. The van der Waals surface area contributed by atoms with E-state index < -0.39 is 0 Å². The first-order valence-electron chi connectivity index (χ1n) is 11.4. The lowest BCUT2D eigenvalue weighted by Crippen LogP contribution is -2.38. The number of H-pyrrole nitrogens is 2. The minimum Gasteiger partial charge on any atom is -0.497 e. The molecule has 33 heavy (non-hydrogen) atoms. The average molecular weight is 465 g/mol. The molecule has 0 spiro atoms. The maximum Gasteiger partial charge on any atom is 0.259 e. The summed E-state index contributed by atoms with van der Waals surface area (Å²) in [5.41, 5.74) is 3.29. The van der Waals surface area contributed by atoms with Crippen molar-refractivity contribution in [3.05, 3.63) is 56.6 Å². The third-order valence-electron chi connectivity index (χ3n) is 6.87. The lowest BCUT2D eigenvalue weighted by Gasteiger charge is -2.32. The van der Waals surface area contributed by atoms with Gasteiger partial charge in [0, 0.05) is 47.9 Å². The van der Waals surface area contributed by atoms with Crippen LogP contribution in [-0.2, 0) is 11.2 Å². The third kappa shape index (κ3) is 4.04. The van der Waals surface area contributed by atoms with Crippen LogP contribution < -0.4 is 10.3 Å². The first kappa shape index (κ1) is 21.7. The van der Waals surface area contributed by atoms with E-state index in [9.17, 15) is 9.59 Å². The van der Waals surface area contributed by atoms with Crippen LogP contribution in [0, 0.1) is 13.8 Å². The monoisotopic (exact) mass is 464 g/mol. The van der Waals surface area contributed by atoms with Crippen LogP contribution in [0.15, 0.2) is 29.2 Å². The van der Waals surface area contributed by atoms with Gasteiger partial charge in [-0.25, -0.2) is 4.98 Å². The standard InChI is InChI=1S/C25H28N4O3S/c1-14-15(2)33-25-23(14)24(31)27-21(28-25)6-7-22(30)29-10-8-16(9-11-29)19-13-26-20-5-4-17(32-3)12-18(19)20/h4-5,12-13,16,26H,6-11H2,1-3H3,(H,27,28,31). The van der Waals surface area contributed by atoms with Crippen LogP contribution in [0.5, 0.6) is 5.75 Å². The van der Waals surface area contributed by atoms with Crippen LogP contribution in [0.2, 0.25) is 0 Å². The summed E-state index contributed by atoms with van der Waals surface area (Å²) in [6, 6.07) is 6.09. The lowest BCUT2D eigenvalue weighted by molar-refractivity contribution is -0.132. The van der Waals surface area contributed by atoms with Crippen molar-refractivity contribution in [2.45, 2.75) is 45.4 Å². The molecule has 3 aromatic heterocycles. The van der Waals surface area contributed by atoms with Crippen molar-refractivity contribution in [3.8, 4) is 5.75 Å². The second-order valence-corrected chi connectivity index (χ2v) is 9.99. The van der Waals surface area contributed by atoms with Gasteiger partial charge in [-0.15, -0.1) is 11.3 Å². The molecule has 4 aromatic rings. The smallest absolute Gasteiger partial charge is 0.259 e. The summed E-state index contributed by atoms with van der Waals surface area (Å²) in [5.74, 6) is 1.98. The highest BCUT2D eigenvalue weighted by Crippen LogP contribution is 2.35. The van der Waals surface area contributed by atoms with Gasteiger partial charge in [-0.1, -0.05) is 0 Å². The number of methoxy groups -OCH3 is 1. The predicted octanol–water partition coefficient (Wildman–Crippen LogP) is 4.43. The Morgan fingerprint density at radius 2 is 2.06 bits per heavy atom. The van der Waals surface area contributed by atoms with Crippen LogP contribution in [0.25, 0.3) is 21.1 Å². The van der Waals surface area contributed by atoms with E-state index in [1.807, 2.05) is 30.9 Å². The molecule has 0 bridgehead atoms. The molecular weight excluding hydrogens is 436 g/mol. The van der Waals surface area contributed by atoms with Gasteiger partial charge in [0.25, 0.3) is 5.56 Å². The molecule has 2 N–H and O–H groups in total. The van der Waals surface area contributed by atoms with Crippen molar-refractivity contribution in [2.75, 3.05) is 20.2 Å². The Hall–Kier alpha value is -3.13. The zero-order valence-electron chi connectivity index (χ0n) is 19.2. The van der Waals surface area contributed by atoms with E-state index in [2.05, 4.69) is 27.2 Å². The zero-order valence-corrected chi connectivity index (χ0v) is 20.0. The number of likely N-dealkylation sites (tertiary alicyclic amines) is 1. The fraction of sp³-hybridized carbons (Fsp3) is 0.400. The number of aromatic amines is 2. The number of thiophene rings is 1. The van der Waals surface area contributed by atoms with E-state index in [4.69, 9.17) is 4.74 Å². The van der Waals surface area contributed by atoms with E-state index in [1.54, 1.807) is 7.11 Å². The number of benzene rings is 1. The first-order chi connectivity index (χ1) is 15.9. The summed E-state index contributed by atoms with van der Waals surface area (Å²) in [5, 5.41) is 1.87. The van der Waals surface area contributed by atoms with Gasteiger partial charge in [0.05, 0.1) is 12.5 Å². The number of hydrogen-bond donors (Lipinski definition) is 2. The Labute approximate surface area is 195 Å². The highest BCUT2D eigenvalue weighted by Gasteiger charge is 2.25. The number of hydrogen-bond acceptors (Lipinski definition) is 5. The van der Waals surface area contributed by atoms with Crippen molar-refractivity contribution in [1.82, 2.24) is 19.9 Å². The molecule has 172 valence electrons. The van der Waals surface area contributed by atoms with Crippen LogP contribution in [0.3, 0.4) is 0 Å². The minimum absolute atomic E-state index is 0.111. The number of rotatable bonds is 5. The van der Waals surface area contributed by atoms with E-state index in [0.717, 1.165) is 52.5 Å². The minimum atomic E-state index is -0.111. The molecule has 0 aliphatic carbocycles. The highest BCUT2D eigenvalue weighted by molar-refractivity contribution is 7.18. The van der Waals surface area contributed by atoms with Gasteiger partial charge in [0.15, 0.2) is 0 Å². The Morgan fingerprint density at radius 3 is 2.82 bits per heavy atom. The van der Waals surface area contributed by atoms with Crippen molar-refractivity contribution in [2.24, 2.45) is 0 Å². The van der Waals surface area contributed by atoms with E-state index in [-0.39, 0.29) is 11.5 Å². The number of ether oxygens (including phenoxy) is 1. The van der Waals surface area contributed by atoms with Gasteiger partial charge in [-0.2, -0.15) is 0 Å². The number of piperidine rings is 1. The van der Waals surface area contributed by atoms with Crippen molar-refractivity contribution in [3.63, 3.8) is 0 Å². The van der Waals surface area contributed by atoms with E-state index in [1.165, 1.54) is 22.3 Å². The number of nitrogens with zero attached hydrogens (tertiary/aromatic N) is 2. The number of carbonyl (C=O) groups excluding carboxylic acids is 1. The Balaban J connectivity index is 1.22. The molecule has 0 atom stereocenters. The second-order valence-electron chi connectivity index (χ2n) is 8.79. The molecule has 1 aromatic carbocycles. The average Bonchev–Trinajstić information content (AvgIpc) is 3.37. The third-order valence-corrected chi connectivity index (χ3v) is 7.97. The normalized spacial score (nSPS) is 14.9. The van der Waals surface area contributed by atoms with E-state index in [0.29, 0.717) is 30.0 Å². The second kappa shape index (κ2) is 8.67. The molecule has 8 heteroatoms. The fourth-order valence-corrected chi connectivity index (χ4v) is 5.88. The number of carbonyl (C=O) groups is 1. The molecule has 4 heterocycles. The molecule has 1 saturated heterocycles. The molecule has 1 fully saturated rings. The van der Waals surface area contributed by atoms with Gasteiger partial charge < -0.3 is 19.6 Å². The molecule has 0 saturated carbocycles. The quantitative estimate of drug-likeness (QED) is 0.457. The molecular formula is C25H28N4O3S.